The average Bonchev–Trinajstić information content (AvgIpc) is 2.27. The number of benzene rings is 1. The van der Waals surface area contributed by atoms with Crippen LogP contribution in [0.4, 0.5) is 13.2 Å². The first-order valence-electron chi connectivity index (χ1n) is 5.09. The summed E-state index contributed by atoms with van der Waals surface area (Å²) < 4.78 is 43.5. The number of hydrogen-bond donors (Lipinski definition) is 1. The Balaban J connectivity index is 3.41. The fourth-order valence-electron chi connectivity index (χ4n) is 1.56. The van der Waals surface area contributed by atoms with Gasteiger partial charge in [0.15, 0.2) is 0 Å². The Hall–Kier alpha value is -1.23. The van der Waals surface area contributed by atoms with E-state index in [0.717, 1.165) is 6.07 Å². The highest BCUT2D eigenvalue weighted by Crippen LogP contribution is 2.39. The van der Waals surface area contributed by atoms with Gasteiger partial charge in [-0.05, 0) is 17.7 Å². The molecule has 96 valence electrons. The number of ether oxygens (including phenoxy) is 1. The van der Waals surface area contributed by atoms with Crippen LogP contribution in [0.1, 0.15) is 25.0 Å². The Morgan fingerprint density at radius 2 is 1.76 bits per heavy atom. The number of hydrogen-bond acceptors (Lipinski definition) is 2. The molecule has 0 aliphatic rings. The van der Waals surface area contributed by atoms with Gasteiger partial charge in [-0.25, -0.2) is 0 Å². The van der Waals surface area contributed by atoms with Gasteiger partial charge in [-0.2, -0.15) is 13.2 Å². The maximum Gasteiger partial charge on any atom is 0.416 e. The van der Waals surface area contributed by atoms with Crippen molar-refractivity contribution in [2.45, 2.75) is 25.4 Å². The molecule has 0 saturated carbocycles. The number of aliphatic hydroxyl groups is 1. The maximum absolute atomic E-state index is 12.9. The molecule has 17 heavy (non-hydrogen) atoms. The molecule has 5 heteroatoms. The van der Waals surface area contributed by atoms with Crippen molar-refractivity contribution in [2.24, 2.45) is 0 Å². The minimum absolute atomic E-state index is 0.0632. The van der Waals surface area contributed by atoms with Crippen molar-refractivity contribution < 1.29 is 23.0 Å². The van der Waals surface area contributed by atoms with E-state index in [-0.39, 0.29) is 17.9 Å². The summed E-state index contributed by atoms with van der Waals surface area (Å²) in [5.74, 6) is 0.148. The van der Waals surface area contributed by atoms with Gasteiger partial charge in [0, 0.05) is 5.41 Å². The lowest BCUT2D eigenvalue weighted by Gasteiger charge is -2.26. The van der Waals surface area contributed by atoms with Gasteiger partial charge in [0.2, 0.25) is 0 Å². The van der Waals surface area contributed by atoms with Crippen molar-refractivity contribution in [3.63, 3.8) is 0 Å². The second-order valence-electron chi connectivity index (χ2n) is 4.45. The SMILES string of the molecule is COc1ccc(C(C)(C)CO)c(C(F)(F)F)c1. The van der Waals surface area contributed by atoms with Gasteiger partial charge in [0.25, 0.3) is 0 Å². The molecule has 0 amide bonds. The summed E-state index contributed by atoms with van der Waals surface area (Å²) >= 11 is 0. The van der Waals surface area contributed by atoms with Crippen molar-refractivity contribution in [3.05, 3.63) is 29.3 Å². The van der Waals surface area contributed by atoms with Gasteiger partial charge >= 0.3 is 6.18 Å². The van der Waals surface area contributed by atoms with Gasteiger partial charge < -0.3 is 9.84 Å². The predicted molar refractivity (Wildman–Crippen MR) is 58.1 cm³/mol. The summed E-state index contributed by atoms with van der Waals surface area (Å²) in [5.41, 5.74) is -1.65. The third kappa shape index (κ3) is 2.91. The van der Waals surface area contributed by atoms with Crippen molar-refractivity contribution in [2.75, 3.05) is 13.7 Å². The van der Waals surface area contributed by atoms with Crippen molar-refractivity contribution >= 4 is 0 Å². The molecule has 0 saturated heterocycles. The second-order valence-corrected chi connectivity index (χ2v) is 4.45. The largest absolute Gasteiger partial charge is 0.497 e. The quantitative estimate of drug-likeness (QED) is 0.891. The molecule has 0 spiro atoms. The minimum Gasteiger partial charge on any atom is -0.497 e. The number of methoxy groups -OCH3 is 1. The zero-order valence-electron chi connectivity index (χ0n) is 9.93. The monoisotopic (exact) mass is 248 g/mol. The molecule has 2 nitrogen and oxygen atoms in total. The molecule has 1 aromatic rings. The highest BCUT2D eigenvalue weighted by atomic mass is 19.4. The van der Waals surface area contributed by atoms with Gasteiger partial charge in [0.1, 0.15) is 5.75 Å². The Morgan fingerprint density at radius 3 is 2.18 bits per heavy atom. The van der Waals surface area contributed by atoms with Crippen molar-refractivity contribution in [1.82, 2.24) is 0 Å². The van der Waals surface area contributed by atoms with Crippen LogP contribution in [0.5, 0.6) is 5.75 Å². The van der Waals surface area contributed by atoms with Gasteiger partial charge in [-0.15, -0.1) is 0 Å². The number of alkyl halides is 3. The molecular formula is C12H15F3O2. The first-order chi connectivity index (χ1) is 7.72. The van der Waals surface area contributed by atoms with Crippen molar-refractivity contribution in [3.8, 4) is 5.75 Å². The van der Waals surface area contributed by atoms with E-state index in [0.29, 0.717) is 0 Å². The molecular weight excluding hydrogens is 233 g/mol. The molecule has 0 radical (unpaired) electrons. The fraction of sp³-hybridized carbons (Fsp3) is 0.500. The molecule has 0 atom stereocenters. The molecule has 1 aromatic carbocycles. The summed E-state index contributed by atoms with van der Waals surface area (Å²) in [6.07, 6.45) is -4.46. The van der Waals surface area contributed by atoms with E-state index >= 15 is 0 Å². The Labute approximate surface area is 98.0 Å². The molecule has 0 aromatic heterocycles. The zero-order valence-corrected chi connectivity index (χ0v) is 9.93. The predicted octanol–water partition coefficient (Wildman–Crippen LogP) is 2.98. The van der Waals surface area contributed by atoms with Crippen LogP contribution in [0.3, 0.4) is 0 Å². The number of halogens is 3. The maximum atomic E-state index is 12.9. The summed E-state index contributed by atoms with van der Waals surface area (Å²) in [5, 5.41) is 9.17. The molecule has 0 aliphatic heterocycles. The van der Waals surface area contributed by atoms with Gasteiger partial charge in [-0.3, -0.25) is 0 Å². The topological polar surface area (TPSA) is 29.5 Å². The summed E-state index contributed by atoms with van der Waals surface area (Å²) in [7, 11) is 1.31. The van der Waals surface area contributed by atoms with Gasteiger partial charge in [-0.1, -0.05) is 19.9 Å². The van der Waals surface area contributed by atoms with E-state index in [1.807, 2.05) is 0 Å². The highest BCUT2D eigenvalue weighted by Gasteiger charge is 2.37. The Kier molecular flexibility index (Phi) is 3.71. The lowest BCUT2D eigenvalue weighted by molar-refractivity contribution is -0.139. The lowest BCUT2D eigenvalue weighted by Crippen LogP contribution is -2.26. The standard InChI is InChI=1S/C12H15F3O2/c1-11(2,7-16)9-5-4-8(17-3)6-10(9)12(13,14)15/h4-6,16H,7H2,1-3H3. The first kappa shape index (κ1) is 13.8. The Morgan fingerprint density at radius 1 is 1.18 bits per heavy atom. The van der Waals surface area contributed by atoms with E-state index in [1.54, 1.807) is 13.8 Å². The van der Waals surface area contributed by atoms with Gasteiger partial charge in [0.05, 0.1) is 19.3 Å². The highest BCUT2D eigenvalue weighted by molar-refractivity contribution is 5.41. The lowest BCUT2D eigenvalue weighted by atomic mass is 9.82. The van der Waals surface area contributed by atoms with Crippen LogP contribution in [0.15, 0.2) is 18.2 Å². The molecule has 0 aliphatic carbocycles. The summed E-state index contributed by atoms with van der Waals surface area (Å²) in [6.45, 7) is 2.76. The van der Waals surface area contributed by atoms with Crippen LogP contribution in [0.25, 0.3) is 0 Å². The van der Waals surface area contributed by atoms with Crippen LogP contribution in [-0.2, 0) is 11.6 Å². The molecule has 0 fully saturated rings. The van der Waals surface area contributed by atoms with Crippen LogP contribution in [-0.4, -0.2) is 18.8 Å². The number of rotatable bonds is 3. The molecule has 0 unspecified atom stereocenters. The summed E-state index contributed by atoms with van der Waals surface area (Å²) in [6, 6.07) is 3.76. The minimum atomic E-state index is -4.46. The normalized spacial score (nSPS) is 12.6. The van der Waals surface area contributed by atoms with Crippen LogP contribution >= 0.6 is 0 Å². The second kappa shape index (κ2) is 4.56. The zero-order chi connectivity index (χ0) is 13.3. The van der Waals surface area contributed by atoms with E-state index in [2.05, 4.69) is 0 Å². The van der Waals surface area contributed by atoms with E-state index in [1.165, 1.54) is 19.2 Å². The molecule has 0 bridgehead atoms. The van der Waals surface area contributed by atoms with Crippen molar-refractivity contribution in [1.29, 1.82) is 0 Å². The Bertz CT molecular complexity index is 397. The smallest absolute Gasteiger partial charge is 0.416 e. The fourth-order valence-corrected chi connectivity index (χ4v) is 1.56. The third-order valence-corrected chi connectivity index (χ3v) is 2.66. The van der Waals surface area contributed by atoms with E-state index < -0.39 is 17.2 Å². The average molecular weight is 248 g/mol. The van der Waals surface area contributed by atoms with Crippen LogP contribution in [0.2, 0.25) is 0 Å². The number of aliphatic hydroxyl groups excluding tert-OH is 1. The molecule has 1 rings (SSSR count). The van der Waals surface area contributed by atoms with Crippen LogP contribution in [0, 0.1) is 0 Å². The third-order valence-electron chi connectivity index (χ3n) is 2.66. The van der Waals surface area contributed by atoms with E-state index in [4.69, 9.17) is 9.84 Å². The van der Waals surface area contributed by atoms with Crippen LogP contribution < -0.4 is 4.74 Å². The first-order valence-corrected chi connectivity index (χ1v) is 5.09. The molecule has 1 N–H and O–H groups in total. The molecule has 0 heterocycles. The van der Waals surface area contributed by atoms with E-state index in [9.17, 15) is 13.2 Å². The summed E-state index contributed by atoms with van der Waals surface area (Å²) in [4.78, 5) is 0.